The molecule has 0 spiro atoms. The van der Waals surface area contributed by atoms with Crippen molar-refractivity contribution in [3.05, 3.63) is 46.7 Å². The van der Waals surface area contributed by atoms with Gasteiger partial charge in [0.1, 0.15) is 5.60 Å². The highest BCUT2D eigenvalue weighted by molar-refractivity contribution is 7.80. The maximum absolute atomic E-state index is 13.4. The van der Waals surface area contributed by atoms with E-state index in [2.05, 4.69) is 10.6 Å². The molecule has 1 unspecified atom stereocenters. The molecule has 8 heteroatoms. The molecule has 2 N–H and O–H groups in total. The van der Waals surface area contributed by atoms with Crippen LogP contribution in [0.5, 0.6) is 0 Å². The van der Waals surface area contributed by atoms with Gasteiger partial charge in [-0.2, -0.15) is 13.2 Å². The van der Waals surface area contributed by atoms with Gasteiger partial charge in [-0.3, -0.25) is 0 Å². The average molecular weight is 372 g/mol. The molecule has 0 fully saturated rings. The molecule has 25 heavy (non-hydrogen) atoms. The number of thiocarbonyl (C=S) groups is 1. The molecular weight excluding hydrogens is 353 g/mol. The molecule has 0 aromatic heterocycles. The minimum absolute atomic E-state index is 0.0697. The Labute approximate surface area is 149 Å². The summed E-state index contributed by atoms with van der Waals surface area (Å²) in [6, 6.07) is 4.03. The van der Waals surface area contributed by atoms with Crippen LogP contribution in [0.2, 0.25) is 0 Å². The first-order valence-electron chi connectivity index (χ1n) is 7.58. The molecule has 4 nitrogen and oxygen atoms in total. The zero-order valence-electron chi connectivity index (χ0n) is 14.2. The van der Waals surface area contributed by atoms with Crippen molar-refractivity contribution in [1.82, 2.24) is 10.6 Å². The SMILES string of the molecule is CC1=C(C(=O)OC(C)(C)C)C(c2ccccc2C(F)(F)F)NC(=S)N1. The average Bonchev–Trinajstić information content (AvgIpc) is 2.43. The van der Waals surface area contributed by atoms with Crippen LogP contribution in [-0.4, -0.2) is 16.7 Å². The molecule has 1 aliphatic heterocycles. The maximum Gasteiger partial charge on any atom is 0.416 e. The van der Waals surface area contributed by atoms with Crippen LogP contribution in [0.4, 0.5) is 13.2 Å². The summed E-state index contributed by atoms with van der Waals surface area (Å²) in [5.74, 6) is -0.700. The number of esters is 1. The molecule has 0 aliphatic carbocycles. The number of nitrogens with one attached hydrogen (secondary N) is 2. The number of rotatable bonds is 2. The lowest BCUT2D eigenvalue weighted by atomic mass is 9.91. The van der Waals surface area contributed by atoms with Gasteiger partial charge < -0.3 is 15.4 Å². The number of halogens is 3. The Morgan fingerprint density at radius 3 is 2.36 bits per heavy atom. The number of ether oxygens (including phenoxy) is 1. The monoisotopic (exact) mass is 372 g/mol. The summed E-state index contributed by atoms with van der Waals surface area (Å²) in [5, 5.41) is 5.67. The van der Waals surface area contributed by atoms with Crippen LogP contribution >= 0.6 is 12.2 Å². The van der Waals surface area contributed by atoms with Crippen LogP contribution in [0.25, 0.3) is 0 Å². The molecule has 1 aliphatic rings. The Kier molecular flexibility index (Phi) is 5.13. The van der Waals surface area contributed by atoms with Crippen molar-refractivity contribution in [3.8, 4) is 0 Å². The predicted molar refractivity (Wildman–Crippen MR) is 91.6 cm³/mol. The van der Waals surface area contributed by atoms with Gasteiger partial charge in [-0.15, -0.1) is 0 Å². The second kappa shape index (κ2) is 6.67. The summed E-state index contributed by atoms with van der Waals surface area (Å²) < 4.78 is 45.5. The standard InChI is InChI=1S/C17H19F3N2O2S/c1-9-12(14(23)24-16(2,3)4)13(22-15(25)21-9)10-7-5-6-8-11(10)17(18,19)20/h5-8,13H,1-4H3,(H2,21,22,25). The number of hydrogen-bond donors (Lipinski definition) is 2. The quantitative estimate of drug-likeness (QED) is 0.610. The van der Waals surface area contributed by atoms with E-state index in [1.54, 1.807) is 27.7 Å². The van der Waals surface area contributed by atoms with E-state index >= 15 is 0 Å². The Morgan fingerprint density at radius 2 is 1.80 bits per heavy atom. The molecule has 0 bridgehead atoms. The van der Waals surface area contributed by atoms with E-state index < -0.39 is 29.4 Å². The van der Waals surface area contributed by atoms with Crippen molar-refractivity contribution in [2.45, 2.75) is 45.5 Å². The lowest BCUT2D eigenvalue weighted by molar-refractivity contribution is -0.150. The van der Waals surface area contributed by atoms with Crippen LogP contribution < -0.4 is 10.6 Å². The highest BCUT2D eigenvalue weighted by Gasteiger charge is 2.39. The zero-order chi connectivity index (χ0) is 19.0. The molecule has 136 valence electrons. The van der Waals surface area contributed by atoms with Gasteiger partial charge in [-0.1, -0.05) is 18.2 Å². The summed E-state index contributed by atoms with van der Waals surface area (Å²) in [4.78, 5) is 12.6. The summed E-state index contributed by atoms with van der Waals surface area (Å²) in [7, 11) is 0. The molecule has 0 saturated carbocycles. The Balaban J connectivity index is 2.57. The van der Waals surface area contributed by atoms with Crippen LogP contribution in [-0.2, 0) is 15.7 Å². The molecule has 0 amide bonds. The van der Waals surface area contributed by atoms with Gasteiger partial charge in [0.15, 0.2) is 5.11 Å². The minimum atomic E-state index is -4.56. The third-order valence-electron chi connectivity index (χ3n) is 3.47. The molecule has 0 radical (unpaired) electrons. The van der Waals surface area contributed by atoms with E-state index in [-0.39, 0.29) is 16.2 Å². The van der Waals surface area contributed by atoms with Crippen LogP contribution in [0.1, 0.15) is 44.9 Å². The molecule has 0 saturated heterocycles. The van der Waals surface area contributed by atoms with Crippen molar-refractivity contribution in [1.29, 1.82) is 0 Å². The number of carbonyl (C=O) groups excluding carboxylic acids is 1. The Hall–Kier alpha value is -2.09. The second-order valence-electron chi connectivity index (χ2n) is 6.66. The van der Waals surface area contributed by atoms with Gasteiger partial charge in [-0.25, -0.2) is 4.79 Å². The van der Waals surface area contributed by atoms with Gasteiger partial charge in [0.2, 0.25) is 0 Å². The van der Waals surface area contributed by atoms with Crippen molar-refractivity contribution in [2.75, 3.05) is 0 Å². The molecule has 1 aromatic rings. The van der Waals surface area contributed by atoms with E-state index in [0.717, 1.165) is 6.07 Å². The van der Waals surface area contributed by atoms with E-state index in [0.29, 0.717) is 5.70 Å². The van der Waals surface area contributed by atoms with E-state index in [9.17, 15) is 18.0 Å². The van der Waals surface area contributed by atoms with Crippen LogP contribution in [0, 0.1) is 0 Å². The number of benzene rings is 1. The first kappa shape index (κ1) is 19.2. The minimum Gasteiger partial charge on any atom is -0.456 e. The van der Waals surface area contributed by atoms with E-state index in [4.69, 9.17) is 17.0 Å². The van der Waals surface area contributed by atoms with Crippen LogP contribution in [0.15, 0.2) is 35.5 Å². The first-order chi connectivity index (χ1) is 11.4. The Morgan fingerprint density at radius 1 is 1.20 bits per heavy atom. The fourth-order valence-corrected chi connectivity index (χ4v) is 2.81. The van der Waals surface area contributed by atoms with Crippen LogP contribution in [0.3, 0.4) is 0 Å². The summed E-state index contributed by atoms with van der Waals surface area (Å²) in [6.07, 6.45) is -4.56. The molecule has 1 aromatic carbocycles. The third kappa shape index (κ3) is 4.50. The summed E-state index contributed by atoms with van der Waals surface area (Å²) in [5.41, 5.74) is -1.26. The molecular formula is C17H19F3N2O2S. The van der Waals surface area contributed by atoms with Crippen molar-refractivity contribution < 1.29 is 22.7 Å². The number of carbonyl (C=O) groups is 1. The van der Waals surface area contributed by atoms with Gasteiger partial charge in [0.25, 0.3) is 0 Å². The van der Waals surface area contributed by atoms with Gasteiger partial charge in [-0.05, 0) is 51.5 Å². The lowest BCUT2D eigenvalue weighted by Gasteiger charge is -2.32. The van der Waals surface area contributed by atoms with Gasteiger partial charge in [0, 0.05) is 5.70 Å². The fraction of sp³-hybridized carbons (Fsp3) is 0.412. The van der Waals surface area contributed by atoms with Crippen molar-refractivity contribution in [2.24, 2.45) is 0 Å². The van der Waals surface area contributed by atoms with Gasteiger partial charge >= 0.3 is 12.1 Å². The van der Waals surface area contributed by atoms with Crippen molar-refractivity contribution >= 4 is 23.3 Å². The lowest BCUT2D eigenvalue weighted by Crippen LogP contribution is -2.46. The summed E-state index contributed by atoms with van der Waals surface area (Å²) in [6.45, 7) is 6.64. The number of hydrogen-bond acceptors (Lipinski definition) is 3. The molecule has 1 heterocycles. The zero-order valence-corrected chi connectivity index (χ0v) is 15.1. The first-order valence-corrected chi connectivity index (χ1v) is 7.99. The molecule has 2 rings (SSSR count). The number of allylic oxidation sites excluding steroid dienone is 1. The summed E-state index contributed by atoms with van der Waals surface area (Å²) >= 11 is 5.06. The smallest absolute Gasteiger partial charge is 0.416 e. The second-order valence-corrected chi connectivity index (χ2v) is 7.07. The van der Waals surface area contributed by atoms with E-state index in [1.165, 1.54) is 18.2 Å². The fourth-order valence-electron chi connectivity index (χ4n) is 2.54. The predicted octanol–water partition coefficient (Wildman–Crippen LogP) is 3.84. The number of alkyl halides is 3. The highest BCUT2D eigenvalue weighted by atomic mass is 32.1. The highest BCUT2D eigenvalue weighted by Crippen LogP contribution is 2.38. The molecule has 1 atom stereocenters. The topological polar surface area (TPSA) is 50.4 Å². The van der Waals surface area contributed by atoms with Gasteiger partial charge in [0.05, 0.1) is 17.2 Å². The van der Waals surface area contributed by atoms with Crippen molar-refractivity contribution in [3.63, 3.8) is 0 Å². The third-order valence-corrected chi connectivity index (χ3v) is 3.69. The maximum atomic E-state index is 13.4. The van der Waals surface area contributed by atoms with E-state index in [1.807, 2.05) is 0 Å². The normalized spacial score (nSPS) is 18.5. The largest absolute Gasteiger partial charge is 0.456 e. The Bertz CT molecular complexity index is 736.